The molecule has 0 aliphatic heterocycles. The Hall–Kier alpha value is -1.80. The fraction of sp³-hybridized carbons (Fsp3) is 0.250. The normalized spacial score (nSPS) is 11.5. The van der Waals surface area contributed by atoms with Gasteiger partial charge in [-0.05, 0) is 13.0 Å². The van der Waals surface area contributed by atoms with E-state index in [1.807, 2.05) is 18.2 Å². The lowest BCUT2D eigenvalue weighted by atomic mass is 10.2. The highest BCUT2D eigenvalue weighted by Gasteiger charge is 2.21. The summed E-state index contributed by atoms with van der Waals surface area (Å²) >= 11 is 0. The number of para-hydroxylation sites is 1. The zero-order valence-electron chi connectivity index (χ0n) is 9.40. The Bertz CT molecular complexity index is 693. The van der Waals surface area contributed by atoms with Gasteiger partial charge in [0, 0.05) is 23.0 Å². The van der Waals surface area contributed by atoms with Gasteiger partial charge < -0.3 is 4.98 Å². The van der Waals surface area contributed by atoms with Gasteiger partial charge in [-0.1, -0.05) is 18.2 Å². The van der Waals surface area contributed by atoms with Crippen molar-refractivity contribution in [1.82, 2.24) is 4.98 Å². The van der Waals surface area contributed by atoms with Crippen molar-refractivity contribution in [2.45, 2.75) is 18.2 Å². The highest BCUT2D eigenvalue weighted by molar-refractivity contribution is 7.91. The van der Waals surface area contributed by atoms with Gasteiger partial charge in [-0.15, -0.1) is 0 Å². The van der Waals surface area contributed by atoms with E-state index in [0.717, 1.165) is 5.52 Å². The first-order chi connectivity index (χ1) is 8.06. The van der Waals surface area contributed by atoms with Crippen LogP contribution in [0.15, 0.2) is 29.2 Å². The van der Waals surface area contributed by atoms with Gasteiger partial charge in [0.15, 0.2) is 9.84 Å². The van der Waals surface area contributed by atoms with E-state index in [9.17, 15) is 8.42 Å². The maximum atomic E-state index is 12.1. The van der Waals surface area contributed by atoms with Crippen LogP contribution in [0.1, 0.15) is 12.1 Å². The third kappa shape index (κ3) is 2.04. The molecule has 2 rings (SSSR count). The molecule has 0 aliphatic rings. The number of aromatic nitrogens is 1. The average molecular weight is 248 g/mol. The number of rotatable bonds is 3. The van der Waals surface area contributed by atoms with E-state index in [1.165, 1.54) is 0 Å². The Balaban J connectivity index is 2.63. The summed E-state index contributed by atoms with van der Waals surface area (Å²) in [5.74, 6) is -0.133. The van der Waals surface area contributed by atoms with Crippen molar-refractivity contribution in [2.75, 3.05) is 5.75 Å². The molecule has 2 aromatic rings. The Morgan fingerprint density at radius 2 is 2.06 bits per heavy atom. The lowest BCUT2D eigenvalue weighted by Gasteiger charge is -2.01. The number of nitrogens with zero attached hydrogens (tertiary/aromatic N) is 1. The summed E-state index contributed by atoms with van der Waals surface area (Å²) in [5, 5.41) is 9.18. The Morgan fingerprint density at radius 3 is 2.76 bits per heavy atom. The number of aryl methyl sites for hydroxylation is 1. The molecule has 1 heterocycles. The molecule has 1 N–H and O–H groups in total. The van der Waals surface area contributed by atoms with Crippen LogP contribution in [-0.4, -0.2) is 19.2 Å². The maximum absolute atomic E-state index is 12.1. The molecule has 17 heavy (non-hydrogen) atoms. The van der Waals surface area contributed by atoms with E-state index >= 15 is 0 Å². The van der Waals surface area contributed by atoms with Crippen LogP contribution < -0.4 is 0 Å². The van der Waals surface area contributed by atoms with E-state index in [1.54, 1.807) is 19.1 Å². The van der Waals surface area contributed by atoms with Gasteiger partial charge in [-0.3, -0.25) is 0 Å². The molecular formula is C12H12N2O2S. The summed E-state index contributed by atoms with van der Waals surface area (Å²) in [4.78, 5) is 3.37. The zero-order chi connectivity index (χ0) is 12.5. The topological polar surface area (TPSA) is 73.7 Å². The zero-order valence-corrected chi connectivity index (χ0v) is 10.2. The van der Waals surface area contributed by atoms with Gasteiger partial charge in [0.1, 0.15) is 0 Å². The molecular weight excluding hydrogens is 236 g/mol. The molecule has 0 unspecified atom stereocenters. The summed E-state index contributed by atoms with van der Waals surface area (Å²) in [7, 11) is -3.39. The van der Waals surface area contributed by atoms with Gasteiger partial charge in [0.05, 0.1) is 16.7 Å². The quantitative estimate of drug-likeness (QED) is 0.904. The number of nitrogens with one attached hydrogen (secondary N) is 1. The Morgan fingerprint density at radius 1 is 1.35 bits per heavy atom. The smallest absolute Gasteiger partial charge is 0.181 e. The van der Waals surface area contributed by atoms with Crippen molar-refractivity contribution in [3.8, 4) is 6.07 Å². The first-order valence-corrected chi connectivity index (χ1v) is 6.88. The fourth-order valence-corrected chi connectivity index (χ4v) is 3.53. The molecule has 1 aromatic heterocycles. The summed E-state index contributed by atoms with van der Waals surface area (Å²) < 4.78 is 24.2. The molecule has 88 valence electrons. The first-order valence-electron chi connectivity index (χ1n) is 5.23. The van der Waals surface area contributed by atoms with Gasteiger partial charge in [0.2, 0.25) is 0 Å². The van der Waals surface area contributed by atoms with Crippen LogP contribution in [0.3, 0.4) is 0 Å². The van der Waals surface area contributed by atoms with Crippen LogP contribution in [0.2, 0.25) is 0 Å². The average Bonchev–Trinajstić information content (AvgIpc) is 2.63. The molecule has 0 fully saturated rings. The number of hydrogen-bond donors (Lipinski definition) is 1. The highest BCUT2D eigenvalue weighted by atomic mass is 32.2. The van der Waals surface area contributed by atoms with Crippen molar-refractivity contribution in [3.63, 3.8) is 0 Å². The number of fused-ring (bicyclic) bond motifs is 1. The minimum absolute atomic E-state index is 0.0152. The molecule has 0 saturated carbocycles. The summed E-state index contributed by atoms with van der Waals surface area (Å²) in [6, 6.07) is 9.13. The molecule has 0 saturated heterocycles. The molecule has 5 heteroatoms. The van der Waals surface area contributed by atoms with Gasteiger partial charge in [-0.2, -0.15) is 5.26 Å². The number of benzene rings is 1. The second-order valence-electron chi connectivity index (χ2n) is 3.85. The van der Waals surface area contributed by atoms with Crippen molar-refractivity contribution >= 4 is 20.7 Å². The standard InChI is InChI=1S/C12H12N2O2S/c1-9-12(17(15,16)8-4-7-13)10-5-2-3-6-11(10)14-9/h2-3,5-6,14H,4,8H2,1H3. The molecule has 0 aliphatic carbocycles. The van der Waals surface area contributed by atoms with Crippen LogP contribution in [0.4, 0.5) is 0 Å². The fourth-order valence-electron chi connectivity index (χ4n) is 1.93. The second-order valence-corrected chi connectivity index (χ2v) is 5.90. The van der Waals surface area contributed by atoms with Crippen molar-refractivity contribution in [1.29, 1.82) is 5.26 Å². The summed E-state index contributed by atoms with van der Waals surface area (Å²) in [6.07, 6.45) is 0.0152. The van der Waals surface area contributed by atoms with Crippen molar-refractivity contribution in [2.24, 2.45) is 0 Å². The Kier molecular flexibility index (Phi) is 2.90. The predicted molar refractivity (Wildman–Crippen MR) is 65.3 cm³/mol. The number of nitriles is 1. The predicted octanol–water partition coefficient (Wildman–Crippen LogP) is 2.16. The van der Waals surface area contributed by atoms with E-state index in [-0.39, 0.29) is 12.2 Å². The van der Waals surface area contributed by atoms with E-state index in [0.29, 0.717) is 16.0 Å². The SMILES string of the molecule is Cc1[nH]c2ccccc2c1S(=O)(=O)CCC#N. The highest BCUT2D eigenvalue weighted by Crippen LogP contribution is 2.27. The van der Waals surface area contributed by atoms with Crippen LogP contribution in [0.25, 0.3) is 10.9 Å². The van der Waals surface area contributed by atoms with Crippen LogP contribution in [-0.2, 0) is 9.84 Å². The molecule has 0 radical (unpaired) electrons. The minimum Gasteiger partial charge on any atom is -0.358 e. The van der Waals surface area contributed by atoms with Gasteiger partial charge in [-0.25, -0.2) is 8.42 Å². The van der Waals surface area contributed by atoms with Crippen LogP contribution in [0, 0.1) is 18.3 Å². The molecule has 0 amide bonds. The lowest BCUT2D eigenvalue weighted by Crippen LogP contribution is -2.07. The maximum Gasteiger partial charge on any atom is 0.181 e. The van der Waals surface area contributed by atoms with E-state index < -0.39 is 9.84 Å². The first kappa shape index (κ1) is 11.7. The minimum atomic E-state index is -3.39. The van der Waals surface area contributed by atoms with Crippen molar-refractivity contribution in [3.05, 3.63) is 30.0 Å². The molecule has 0 bridgehead atoms. The molecule has 0 spiro atoms. The number of hydrogen-bond acceptors (Lipinski definition) is 3. The number of H-pyrrole nitrogens is 1. The van der Waals surface area contributed by atoms with E-state index in [2.05, 4.69) is 4.98 Å². The monoisotopic (exact) mass is 248 g/mol. The van der Waals surface area contributed by atoms with Crippen LogP contribution in [0.5, 0.6) is 0 Å². The molecule has 0 atom stereocenters. The molecule has 4 nitrogen and oxygen atoms in total. The third-order valence-corrected chi connectivity index (χ3v) is 4.52. The third-order valence-electron chi connectivity index (χ3n) is 2.63. The van der Waals surface area contributed by atoms with Crippen molar-refractivity contribution < 1.29 is 8.42 Å². The molecule has 1 aromatic carbocycles. The van der Waals surface area contributed by atoms with Crippen LogP contribution >= 0.6 is 0 Å². The number of sulfone groups is 1. The summed E-state index contributed by atoms with van der Waals surface area (Å²) in [6.45, 7) is 1.74. The Labute approximate surface area is 99.8 Å². The van der Waals surface area contributed by atoms with Gasteiger partial charge >= 0.3 is 0 Å². The number of aromatic amines is 1. The van der Waals surface area contributed by atoms with Gasteiger partial charge in [0.25, 0.3) is 0 Å². The second kappa shape index (κ2) is 4.22. The largest absolute Gasteiger partial charge is 0.358 e. The van der Waals surface area contributed by atoms with E-state index in [4.69, 9.17) is 5.26 Å². The lowest BCUT2D eigenvalue weighted by molar-refractivity contribution is 0.596. The summed E-state index contributed by atoms with van der Waals surface area (Å²) in [5.41, 5.74) is 1.43.